The second kappa shape index (κ2) is 7.16. The molecule has 0 bridgehead atoms. The van der Waals surface area contributed by atoms with Crippen molar-refractivity contribution in [3.63, 3.8) is 0 Å². The lowest BCUT2D eigenvalue weighted by atomic mass is 9.92. The zero-order valence-electron chi connectivity index (χ0n) is 12.4. The molecule has 0 unspecified atom stereocenters. The van der Waals surface area contributed by atoms with Crippen LogP contribution in [-0.4, -0.2) is 12.6 Å². The van der Waals surface area contributed by atoms with E-state index in [-0.39, 0.29) is 5.41 Å². The van der Waals surface area contributed by atoms with E-state index in [4.69, 9.17) is 10.00 Å². The van der Waals surface area contributed by atoms with Crippen molar-refractivity contribution in [1.82, 2.24) is 5.32 Å². The van der Waals surface area contributed by atoms with Crippen LogP contribution in [0.25, 0.3) is 0 Å². The number of benzene rings is 1. The summed E-state index contributed by atoms with van der Waals surface area (Å²) in [6, 6.07) is 10.9. The van der Waals surface area contributed by atoms with E-state index in [2.05, 4.69) is 37.4 Å². The fourth-order valence-corrected chi connectivity index (χ4v) is 1.51. The number of ether oxygens (including phenoxy) is 1. The van der Waals surface area contributed by atoms with Crippen molar-refractivity contribution in [1.29, 1.82) is 5.26 Å². The Kier molecular flexibility index (Phi) is 5.85. The molecule has 19 heavy (non-hydrogen) atoms. The summed E-state index contributed by atoms with van der Waals surface area (Å²) >= 11 is 0. The molecule has 0 amide bonds. The minimum Gasteiger partial charge on any atom is -0.494 e. The van der Waals surface area contributed by atoms with Crippen LogP contribution < -0.4 is 10.1 Å². The van der Waals surface area contributed by atoms with E-state index in [9.17, 15) is 0 Å². The normalized spacial score (nSPS) is 11.4. The van der Waals surface area contributed by atoms with Crippen LogP contribution in [0.3, 0.4) is 0 Å². The number of hydrogen-bond donors (Lipinski definition) is 1. The predicted molar refractivity (Wildman–Crippen MR) is 77.9 cm³/mol. The van der Waals surface area contributed by atoms with Crippen molar-refractivity contribution < 1.29 is 4.74 Å². The highest BCUT2D eigenvalue weighted by atomic mass is 16.5. The van der Waals surface area contributed by atoms with Crippen LogP contribution in [-0.2, 0) is 6.54 Å². The average molecular weight is 260 g/mol. The Hall–Kier alpha value is -1.53. The summed E-state index contributed by atoms with van der Waals surface area (Å²) in [4.78, 5) is 0. The maximum Gasteiger partial charge on any atom is 0.119 e. The van der Waals surface area contributed by atoms with Crippen LogP contribution in [0.2, 0.25) is 0 Å². The molecule has 0 aliphatic carbocycles. The van der Waals surface area contributed by atoms with Crippen LogP contribution in [0.4, 0.5) is 0 Å². The van der Waals surface area contributed by atoms with Crippen molar-refractivity contribution >= 4 is 0 Å². The van der Waals surface area contributed by atoms with E-state index in [0.29, 0.717) is 12.6 Å². The highest BCUT2D eigenvalue weighted by molar-refractivity contribution is 5.27. The van der Waals surface area contributed by atoms with Crippen LogP contribution in [0.1, 0.15) is 39.7 Å². The summed E-state index contributed by atoms with van der Waals surface area (Å²) in [5.74, 6) is 0.863. The van der Waals surface area contributed by atoms with Gasteiger partial charge in [-0.2, -0.15) is 5.26 Å². The van der Waals surface area contributed by atoms with Gasteiger partial charge in [-0.1, -0.05) is 26.0 Å². The maximum absolute atomic E-state index is 8.92. The van der Waals surface area contributed by atoms with Gasteiger partial charge < -0.3 is 10.1 Å². The van der Waals surface area contributed by atoms with Gasteiger partial charge >= 0.3 is 0 Å². The standard InChI is InChI=1S/C16H24N2O/c1-13(2)18-11-14-5-7-15(8-6-14)19-10-9-16(3,4)12-17/h5-8,13,18H,9-11H2,1-4H3. The quantitative estimate of drug-likeness (QED) is 0.816. The Morgan fingerprint density at radius 1 is 1.26 bits per heavy atom. The predicted octanol–water partition coefficient (Wildman–Crippen LogP) is 3.50. The first-order valence-corrected chi connectivity index (χ1v) is 6.79. The molecule has 1 rings (SSSR count). The Labute approximate surface area is 116 Å². The fourth-order valence-electron chi connectivity index (χ4n) is 1.51. The first-order chi connectivity index (χ1) is 8.93. The molecule has 0 saturated heterocycles. The lowest BCUT2D eigenvalue weighted by molar-refractivity contribution is 0.264. The van der Waals surface area contributed by atoms with Gasteiger partial charge in [0.05, 0.1) is 18.1 Å². The van der Waals surface area contributed by atoms with E-state index >= 15 is 0 Å². The third kappa shape index (κ3) is 6.26. The van der Waals surface area contributed by atoms with E-state index in [1.807, 2.05) is 26.0 Å². The molecule has 3 nitrogen and oxygen atoms in total. The van der Waals surface area contributed by atoms with Crippen molar-refractivity contribution in [3.05, 3.63) is 29.8 Å². The third-order valence-electron chi connectivity index (χ3n) is 2.94. The van der Waals surface area contributed by atoms with Gasteiger partial charge in [-0.3, -0.25) is 0 Å². The van der Waals surface area contributed by atoms with Gasteiger partial charge in [-0.15, -0.1) is 0 Å². The molecule has 104 valence electrons. The van der Waals surface area contributed by atoms with Crippen LogP contribution in [0.15, 0.2) is 24.3 Å². The second-order valence-corrected chi connectivity index (χ2v) is 5.77. The number of rotatable bonds is 7. The Morgan fingerprint density at radius 2 is 1.89 bits per heavy atom. The molecule has 0 heterocycles. The summed E-state index contributed by atoms with van der Waals surface area (Å²) in [5.41, 5.74) is 0.930. The smallest absolute Gasteiger partial charge is 0.119 e. The van der Waals surface area contributed by atoms with E-state index in [0.717, 1.165) is 18.7 Å². The zero-order valence-corrected chi connectivity index (χ0v) is 12.4. The first-order valence-electron chi connectivity index (χ1n) is 6.79. The Morgan fingerprint density at radius 3 is 2.42 bits per heavy atom. The lowest BCUT2D eigenvalue weighted by Gasteiger charge is -2.15. The topological polar surface area (TPSA) is 45.0 Å². The van der Waals surface area contributed by atoms with Crippen molar-refractivity contribution in [3.8, 4) is 11.8 Å². The summed E-state index contributed by atoms with van der Waals surface area (Å²) in [6.45, 7) is 9.57. The Bertz CT molecular complexity index is 415. The average Bonchev–Trinajstić information content (AvgIpc) is 2.37. The molecule has 0 aliphatic heterocycles. The molecule has 1 aromatic carbocycles. The molecule has 0 atom stereocenters. The molecule has 3 heteroatoms. The number of hydrogen-bond acceptors (Lipinski definition) is 3. The summed E-state index contributed by atoms with van der Waals surface area (Å²) < 4.78 is 5.65. The molecule has 0 spiro atoms. The van der Waals surface area contributed by atoms with Crippen molar-refractivity contribution in [2.45, 2.75) is 46.7 Å². The number of nitrogens with zero attached hydrogens (tertiary/aromatic N) is 1. The van der Waals surface area contributed by atoms with Gasteiger partial charge in [0, 0.05) is 12.6 Å². The van der Waals surface area contributed by atoms with Gasteiger partial charge in [0.1, 0.15) is 5.75 Å². The lowest BCUT2D eigenvalue weighted by Crippen LogP contribution is -2.21. The molecule has 0 aliphatic rings. The molecular weight excluding hydrogens is 236 g/mol. The highest BCUT2D eigenvalue weighted by Crippen LogP contribution is 2.19. The van der Waals surface area contributed by atoms with Crippen LogP contribution >= 0.6 is 0 Å². The minimum absolute atomic E-state index is 0.318. The second-order valence-electron chi connectivity index (χ2n) is 5.77. The largest absolute Gasteiger partial charge is 0.494 e. The van der Waals surface area contributed by atoms with Gasteiger partial charge in [0.15, 0.2) is 0 Å². The maximum atomic E-state index is 8.92. The van der Waals surface area contributed by atoms with Gasteiger partial charge in [0.2, 0.25) is 0 Å². The molecule has 0 saturated carbocycles. The van der Waals surface area contributed by atoms with E-state index in [1.54, 1.807) is 0 Å². The monoisotopic (exact) mass is 260 g/mol. The van der Waals surface area contributed by atoms with Crippen LogP contribution in [0, 0.1) is 16.7 Å². The molecule has 0 radical (unpaired) electrons. The number of nitrogens with one attached hydrogen (secondary N) is 1. The number of nitriles is 1. The summed E-state index contributed by atoms with van der Waals surface area (Å²) in [5, 5.41) is 12.3. The molecule has 0 aromatic heterocycles. The Balaban J connectivity index is 2.38. The van der Waals surface area contributed by atoms with Crippen molar-refractivity contribution in [2.24, 2.45) is 5.41 Å². The van der Waals surface area contributed by atoms with Gasteiger partial charge in [-0.25, -0.2) is 0 Å². The molecule has 0 fully saturated rings. The highest BCUT2D eigenvalue weighted by Gasteiger charge is 2.16. The first kappa shape index (κ1) is 15.5. The fraction of sp³-hybridized carbons (Fsp3) is 0.562. The van der Waals surface area contributed by atoms with Crippen molar-refractivity contribution in [2.75, 3.05) is 6.61 Å². The molecular formula is C16H24N2O. The summed E-state index contributed by atoms with van der Waals surface area (Å²) in [7, 11) is 0. The summed E-state index contributed by atoms with van der Waals surface area (Å²) in [6.07, 6.45) is 0.736. The van der Waals surface area contributed by atoms with Crippen LogP contribution in [0.5, 0.6) is 5.75 Å². The zero-order chi connectivity index (χ0) is 14.3. The molecule has 1 N–H and O–H groups in total. The van der Waals surface area contributed by atoms with E-state index in [1.165, 1.54) is 5.56 Å². The van der Waals surface area contributed by atoms with Gasteiger partial charge in [-0.05, 0) is 38.0 Å². The van der Waals surface area contributed by atoms with E-state index < -0.39 is 0 Å². The SMILES string of the molecule is CC(C)NCc1ccc(OCCC(C)(C)C#N)cc1. The van der Waals surface area contributed by atoms with Gasteiger partial charge in [0.25, 0.3) is 0 Å². The minimum atomic E-state index is -0.318. The third-order valence-corrected chi connectivity index (χ3v) is 2.94. The molecule has 1 aromatic rings.